The zero-order chi connectivity index (χ0) is 36.6. The van der Waals surface area contributed by atoms with E-state index in [2.05, 4.69) is 5.43 Å². The summed E-state index contributed by atoms with van der Waals surface area (Å²) in [5.41, 5.74) is 2.66. The van der Waals surface area contributed by atoms with Gasteiger partial charge in [-0.15, -0.1) is 0 Å². The van der Waals surface area contributed by atoms with E-state index in [1.54, 1.807) is 24.3 Å². The molecule has 8 rings (SSSR count). The molecule has 6 atom stereocenters. The standard InChI is InChI=1S/C38H27Cl2FN4O7/c39-20-3-1-19(2-4-20)38-30(35(48)44(37(38)50)42-23-8-6-22(41)7-9-23)18-28-26(33(38)29-17-21(40)5-16-31(29)46)14-15-27-32(28)36(49)43(34(27)47)24-10-12-25(13-11-24)45(51)52/h1-14,16-17,27-28,30,32-33,42,46H,15,18H2/t27-,28+,30-,32-,33+,38+/m0/s1. The number of carbonyl (C=O) groups excluding carboxylic acids is 4. The number of carbonyl (C=O) groups is 4. The third-order valence-electron chi connectivity index (χ3n) is 10.9. The summed E-state index contributed by atoms with van der Waals surface area (Å²) in [4.78, 5) is 69.9. The molecule has 14 heteroatoms. The molecule has 2 heterocycles. The largest absolute Gasteiger partial charge is 0.508 e. The van der Waals surface area contributed by atoms with Crippen molar-refractivity contribution in [2.24, 2.45) is 23.7 Å². The van der Waals surface area contributed by atoms with Gasteiger partial charge in [-0.1, -0.05) is 47.0 Å². The first-order valence-corrected chi connectivity index (χ1v) is 17.1. The highest BCUT2D eigenvalue weighted by atomic mass is 35.5. The number of allylic oxidation sites excluding steroid dienone is 2. The first-order chi connectivity index (χ1) is 24.9. The molecule has 2 aliphatic heterocycles. The summed E-state index contributed by atoms with van der Waals surface area (Å²) in [6.07, 6.45) is 1.92. The Balaban J connectivity index is 1.31. The van der Waals surface area contributed by atoms with Crippen LogP contribution in [-0.2, 0) is 24.6 Å². The summed E-state index contributed by atoms with van der Waals surface area (Å²) < 4.78 is 13.8. The number of anilines is 2. The number of aromatic hydroxyl groups is 1. The van der Waals surface area contributed by atoms with Gasteiger partial charge in [0.15, 0.2) is 0 Å². The maximum absolute atomic E-state index is 15.2. The van der Waals surface area contributed by atoms with Crippen LogP contribution in [0, 0.1) is 39.6 Å². The summed E-state index contributed by atoms with van der Waals surface area (Å²) in [6.45, 7) is 0. The number of hydrogen-bond acceptors (Lipinski definition) is 8. The lowest BCUT2D eigenvalue weighted by molar-refractivity contribution is -0.384. The first kappa shape index (κ1) is 33.5. The molecule has 0 bridgehead atoms. The molecule has 4 aromatic carbocycles. The van der Waals surface area contributed by atoms with Crippen molar-refractivity contribution < 1.29 is 33.6 Å². The number of phenolic OH excluding ortho intramolecular Hbond substituents is 1. The van der Waals surface area contributed by atoms with Crippen molar-refractivity contribution in [1.29, 1.82) is 0 Å². The Kier molecular flexibility index (Phi) is 7.92. The van der Waals surface area contributed by atoms with E-state index in [4.69, 9.17) is 23.2 Å². The summed E-state index contributed by atoms with van der Waals surface area (Å²) in [5.74, 6) is -7.69. The maximum Gasteiger partial charge on any atom is 0.269 e. The summed E-state index contributed by atoms with van der Waals surface area (Å²) in [5, 5.41) is 24.3. The highest BCUT2D eigenvalue weighted by Crippen LogP contribution is 2.65. The number of halogens is 3. The Morgan fingerprint density at radius 2 is 1.52 bits per heavy atom. The van der Waals surface area contributed by atoms with E-state index >= 15 is 4.79 Å². The van der Waals surface area contributed by atoms with Gasteiger partial charge in [0.1, 0.15) is 11.6 Å². The fourth-order valence-corrected chi connectivity index (χ4v) is 9.04. The Bertz CT molecular complexity index is 2230. The number of fused-ring (bicyclic) bond motifs is 4. The van der Waals surface area contributed by atoms with Crippen LogP contribution in [0.4, 0.5) is 21.5 Å². The lowest BCUT2D eigenvalue weighted by Crippen LogP contribution is -2.53. The lowest BCUT2D eigenvalue weighted by atomic mass is 9.49. The molecular weight excluding hydrogens is 714 g/mol. The number of imide groups is 2. The van der Waals surface area contributed by atoms with Crippen LogP contribution >= 0.6 is 23.2 Å². The van der Waals surface area contributed by atoms with E-state index < -0.39 is 69.4 Å². The Morgan fingerprint density at radius 3 is 2.19 bits per heavy atom. The first-order valence-electron chi connectivity index (χ1n) is 16.4. The van der Waals surface area contributed by atoms with Crippen LogP contribution in [0.3, 0.4) is 0 Å². The highest BCUT2D eigenvalue weighted by molar-refractivity contribution is 6.31. The second-order valence-electron chi connectivity index (χ2n) is 13.4. The molecule has 262 valence electrons. The van der Waals surface area contributed by atoms with Gasteiger partial charge < -0.3 is 5.11 Å². The van der Waals surface area contributed by atoms with Crippen LogP contribution in [0.2, 0.25) is 10.0 Å². The number of phenols is 1. The molecule has 0 radical (unpaired) electrons. The van der Waals surface area contributed by atoms with Gasteiger partial charge in [-0.05, 0) is 91.1 Å². The molecule has 11 nitrogen and oxygen atoms in total. The van der Waals surface area contributed by atoms with Crippen LogP contribution in [0.5, 0.6) is 5.75 Å². The lowest BCUT2D eigenvalue weighted by Gasteiger charge is -2.50. The molecule has 4 aliphatic rings. The highest BCUT2D eigenvalue weighted by Gasteiger charge is 2.70. The minimum atomic E-state index is -1.70. The number of nitrogens with zero attached hydrogens (tertiary/aromatic N) is 3. The maximum atomic E-state index is 15.2. The van der Waals surface area contributed by atoms with E-state index in [-0.39, 0.29) is 46.2 Å². The molecule has 0 spiro atoms. The zero-order valence-electron chi connectivity index (χ0n) is 26.9. The molecule has 0 unspecified atom stereocenters. The normalized spacial score (nSPS) is 26.5. The average Bonchev–Trinajstić information content (AvgIpc) is 3.51. The minimum absolute atomic E-state index is 0.0211. The van der Waals surface area contributed by atoms with Crippen molar-refractivity contribution in [2.75, 3.05) is 10.3 Å². The van der Waals surface area contributed by atoms with Crippen LogP contribution in [0.25, 0.3) is 0 Å². The third kappa shape index (κ3) is 4.92. The van der Waals surface area contributed by atoms with Crippen molar-refractivity contribution in [3.8, 4) is 5.75 Å². The van der Waals surface area contributed by atoms with Gasteiger partial charge in [0.2, 0.25) is 11.8 Å². The average molecular weight is 742 g/mol. The number of amides is 4. The number of hydrogen-bond donors (Lipinski definition) is 2. The quantitative estimate of drug-likeness (QED) is 0.0935. The SMILES string of the molecule is O=C1[C@@H]2C[C@@H]3C(=CC[C@@H]4C(=O)N(c5ccc([N+](=O)[O-])cc5)C(=O)[C@@H]43)[C@H](c3cc(Cl)ccc3O)[C@]2(c2ccc(Cl)cc2)C(=O)N1Nc1ccc(F)cc1. The van der Waals surface area contributed by atoms with Crippen molar-refractivity contribution in [2.45, 2.75) is 24.2 Å². The molecule has 2 N–H and O–H groups in total. The van der Waals surface area contributed by atoms with E-state index in [0.717, 1.165) is 9.91 Å². The van der Waals surface area contributed by atoms with Crippen molar-refractivity contribution in [3.05, 3.63) is 140 Å². The number of rotatable bonds is 6. The molecule has 2 saturated heterocycles. The molecule has 0 aromatic heterocycles. The zero-order valence-corrected chi connectivity index (χ0v) is 28.4. The molecule has 4 aromatic rings. The fraction of sp³-hybridized carbons (Fsp3) is 0.211. The van der Waals surface area contributed by atoms with Crippen molar-refractivity contribution >= 4 is 63.9 Å². The number of non-ortho nitro benzene ring substituents is 1. The monoisotopic (exact) mass is 740 g/mol. The number of nitro groups is 1. The van der Waals surface area contributed by atoms with Crippen molar-refractivity contribution in [3.63, 3.8) is 0 Å². The van der Waals surface area contributed by atoms with E-state index in [9.17, 15) is 34.0 Å². The topological polar surface area (TPSA) is 150 Å². The van der Waals surface area contributed by atoms with Crippen LogP contribution in [-0.4, -0.2) is 38.7 Å². The van der Waals surface area contributed by atoms with Gasteiger partial charge in [-0.25, -0.2) is 4.39 Å². The number of hydrazine groups is 1. The minimum Gasteiger partial charge on any atom is -0.508 e. The molecule has 1 saturated carbocycles. The van der Waals surface area contributed by atoms with Crippen LogP contribution in [0.1, 0.15) is 29.9 Å². The summed E-state index contributed by atoms with van der Waals surface area (Å²) in [6, 6.07) is 21.2. The number of nitrogens with one attached hydrogen (secondary N) is 1. The van der Waals surface area contributed by atoms with E-state index in [0.29, 0.717) is 16.2 Å². The van der Waals surface area contributed by atoms with Crippen molar-refractivity contribution in [1.82, 2.24) is 5.01 Å². The molecule has 3 fully saturated rings. The smallest absolute Gasteiger partial charge is 0.269 e. The van der Waals surface area contributed by atoms with Gasteiger partial charge in [0, 0.05) is 33.7 Å². The van der Waals surface area contributed by atoms with Gasteiger partial charge in [0.25, 0.3) is 17.5 Å². The van der Waals surface area contributed by atoms with Gasteiger partial charge in [0.05, 0.1) is 39.5 Å². The summed E-state index contributed by atoms with van der Waals surface area (Å²) >= 11 is 12.8. The molecule has 4 amide bonds. The van der Waals surface area contributed by atoms with Gasteiger partial charge in [-0.2, -0.15) is 5.01 Å². The van der Waals surface area contributed by atoms with Gasteiger partial charge >= 0.3 is 0 Å². The van der Waals surface area contributed by atoms with Crippen LogP contribution in [0.15, 0.2) is 103 Å². The van der Waals surface area contributed by atoms with E-state index in [1.807, 2.05) is 6.08 Å². The van der Waals surface area contributed by atoms with Crippen LogP contribution < -0.4 is 10.3 Å². The van der Waals surface area contributed by atoms with Gasteiger partial charge in [-0.3, -0.25) is 39.6 Å². The summed E-state index contributed by atoms with van der Waals surface area (Å²) in [7, 11) is 0. The second kappa shape index (κ2) is 12.3. The number of benzene rings is 4. The Morgan fingerprint density at radius 1 is 0.846 bits per heavy atom. The Hall–Kier alpha value is -5.59. The predicted molar refractivity (Wildman–Crippen MR) is 188 cm³/mol. The third-order valence-corrected chi connectivity index (χ3v) is 11.4. The molecule has 2 aliphatic carbocycles. The van der Waals surface area contributed by atoms with E-state index in [1.165, 1.54) is 66.7 Å². The second-order valence-corrected chi connectivity index (χ2v) is 14.2. The predicted octanol–water partition coefficient (Wildman–Crippen LogP) is 6.94. The molecular formula is C38H27Cl2FN4O7. The Labute approximate surface area is 305 Å². The molecule has 52 heavy (non-hydrogen) atoms. The number of nitro benzene ring substituents is 1. The fourth-order valence-electron chi connectivity index (χ4n) is 8.73.